The van der Waals surface area contributed by atoms with Crippen LogP contribution >= 0.6 is 12.4 Å². The van der Waals surface area contributed by atoms with Crippen LogP contribution in [0.2, 0.25) is 0 Å². The first-order chi connectivity index (χ1) is 10.9. The molecule has 1 aromatic carbocycles. The number of carbonyl (C=O) groups is 1. The Bertz CT molecular complexity index is 646. The van der Waals surface area contributed by atoms with Gasteiger partial charge < -0.3 is 10.2 Å². The first-order valence-electron chi connectivity index (χ1n) is 7.96. The second-order valence-corrected chi connectivity index (χ2v) is 7.67. The van der Waals surface area contributed by atoms with Gasteiger partial charge in [0.15, 0.2) is 0 Å². The standard InChI is InChI=1S/C16H25N3O3S.ClH/c1-17-10-11-19(2)16(20)13-6-5-9-15(12-13)23(21,22)18-14-7-3-4-8-14;/h5-6,9,12,14,17-18H,3-4,7-8,10-11H2,1-2H3;1H. The van der Waals surface area contributed by atoms with Crippen molar-refractivity contribution in [3.63, 3.8) is 0 Å². The van der Waals surface area contributed by atoms with Crippen LogP contribution in [0, 0.1) is 0 Å². The molecule has 8 heteroatoms. The van der Waals surface area contributed by atoms with Crippen molar-refractivity contribution in [1.82, 2.24) is 14.9 Å². The average Bonchev–Trinajstić information content (AvgIpc) is 3.04. The molecule has 0 radical (unpaired) electrons. The minimum Gasteiger partial charge on any atom is -0.340 e. The number of likely N-dealkylation sites (N-methyl/N-ethyl adjacent to an activating group) is 2. The van der Waals surface area contributed by atoms with Crippen LogP contribution in [-0.4, -0.2) is 52.5 Å². The first-order valence-corrected chi connectivity index (χ1v) is 9.45. The maximum absolute atomic E-state index is 12.5. The molecule has 1 amide bonds. The van der Waals surface area contributed by atoms with E-state index in [-0.39, 0.29) is 29.3 Å². The van der Waals surface area contributed by atoms with Gasteiger partial charge in [0.1, 0.15) is 0 Å². The van der Waals surface area contributed by atoms with Gasteiger partial charge in [0.25, 0.3) is 5.91 Å². The molecule has 1 aromatic rings. The number of rotatable bonds is 7. The maximum atomic E-state index is 12.5. The summed E-state index contributed by atoms with van der Waals surface area (Å²) in [5, 5.41) is 2.98. The fourth-order valence-electron chi connectivity index (χ4n) is 2.73. The summed E-state index contributed by atoms with van der Waals surface area (Å²) in [5.41, 5.74) is 0.387. The summed E-state index contributed by atoms with van der Waals surface area (Å²) in [6.45, 7) is 1.25. The highest BCUT2D eigenvalue weighted by molar-refractivity contribution is 7.89. The van der Waals surface area contributed by atoms with Crippen LogP contribution in [0.1, 0.15) is 36.0 Å². The van der Waals surface area contributed by atoms with Gasteiger partial charge in [-0.3, -0.25) is 4.79 Å². The van der Waals surface area contributed by atoms with Crippen LogP contribution < -0.4 is 10.0 Å². The molecule has 2 rings (SSSR count). The Kier molecular flexibility index (Phi) is 8.15. The predicted molar refractivity (Wildman–Crippen MR) is 97.2 cm³/mol. The number of nitrogens with zero attached hydrogens (tertiary/aromatic N) is 1. The highest BCUT2D eigenvalue weighted by Gasteiger charge is 2.23. The van der Waals surface area contributed by atoms with Crippen molar-refractivity contribution < 1.29 is 13.2 Å². The molecule has 1 aliphatic carbocycles. The lowest BCUT2D eigenvalue weighted by Crippen LogP contribution is -2.34. The second-order valence-electron chi connectivity index (χ2n) is 5.96. The Morgan fingerprint density at radius 1 is 1.29 bits per heavy atom. The summed E-state index contributed by atoms with van der Waals surface area (Å²) >= 11 is 0. The van der Waals surface area contributed by atoms with Crippen molar-refractivity contribution in [3.05, 3.63) is 29.8 Å². The van der Waals surface area contributed by atoms with Crippen LogP contribution in [-0.2, 0) is 10.0 Å². The quantitative estimate of drug-likeness (QED) is 0.759. The molecule has 6 nitrogen and oxygen atoms in total. The van der Waals surface area contributed by atoms with Gasteiger partial charge >= 0.3 is 0 Å². The lowest BCUT2D eigenvalue weighted by molar-refractivity contribution is 0.0796. The molecule has 2 N–H and O–H groups in total. The summed E-state index contributed by atoms with van der Waals surface area (Å²) < 4.78 is 27.7. The van der Waals surface area contributed by atoms with Gasteiger partial charge in [-0.15, -0.1) is 12.4 Å². The molecule has 0 atom stereocenters. The summed E-state index contributed by atoms with van der Waals surface area (Å²) in [7, 11) is -0.0498. The predicted octanol–water partition coefficient (Wildman–Crippen LogP) is 1.62. The number of benzene rings is 1. The third-order valence-corrected chi connectivity index (χ3v) is 5.63. The molecule has 24 heavy (non-hydrogen) atoms. The smallest absolute Gasteiger partial charge is 0.253 e. The van der Waals surface area contributed by atoms with Crippen LogP contribution in [0.25, 0.3) is 0 Å². The van der Waals surface area contributed by atoms with E-state index in [4.69, 9.17) is 0 Å². The number of hydrogen-bond donors (Lipinski definition) is 2. The normalized spacial score (nSPS) is 15.1. The van der Waals surface area contributed by atoms with E-state index in [1.54, 1.807) is 24.1 Å². The maximum Gasteiger partial charge on any atom is 0.253 e. The fourth-order valence-corrected chi connectivity index (χ4v) is 4.08. The summed E-state index contributed by atoms with van der Waals surface area (Å²) in [6.07, 6.45) is 3.87. The van der Waals surface area contributed by atoms with Crippen molar-refractivity contribution in [2.45, 2.75) is 36.6 Å². The number of halogens is 1. The Balaban J connectivity index is 0.00000288. The topological polar surface area (TPSA) is 78.5 Å². The molecule has 0 aliphatic heterocycles. The zero-order chi connectivity index (χ0) is 16.9. The van der Waals surface area contributed by atoms with Crippen molar-refractivity contribution in [3.8, 4) is 0 Å². The van der Waals surface area contributed by atoms with E-state index in [0.717, 1.165) is 25.7 Å². The Labute approximate surface area is 150 Å². The Morgan fingerprint density at radius 2 is 1.96 bits per heavy atom. The van der Waals surface area contributed by atoms with Gasteiger partial charge in [0.2, 0.25) is 10.0 Å². The van der Waals surface area contributed by atoms with Gasteiger partial charge in [-0.2, -0.15) is 0 Å². The molecular formula is C16H26ClN3O3S. The molecule has 0 heterocycles. The average molecular weight is 376 g/mol. The highest BCUT2D eigenvalue weighted by atomic mass is 35.5. The first kappa shape index (κ1) is 20.9. The zero-order valence-corrected chi connectivity index (χ0v) is 15.8. The molecule has 0 unspecified atom stereocenters. The third kappa shape index (κ3) is 5.44. The van der Waals surface area contributed by atoms with E-state index >= 15 is 0 Å². The lowest BCUT2D eigenvalue weighted by atomic mass is 10.2. The molecule has 0 saturated heterocycles. The molecule has 0 aromatic heterocycles. The molecule has 0 spiro atoms. The van der Waals surface area contributed by atoms with E-state index in [1.165, 1.54) is 12.1 Å². The summed E-state index contributed by atoms with van der Waals surface area (Å²) in [5.74, 6) is -0.182. The van der Waals surface area contributed by atoms with E-state index < -0.39 is 10.0 Å². The number of carbonyl (C=O) groups excluding carboxylic acids is 1. The van der Waals surface area contributed by atoms with Crippen LogP contribution in [0.4, 0.5) is 0 Å². The van der Waals surface area contributed by atoms with Gasteiger partial charge in [0, 0.05) is 31.7 Å². The largest absolute Gasteiger partial charge is 0.340 e. The van der Waals surface area contributed by atoms with Crippen molar-refractivity contribution in [1.29, 1.82) is 0 Å². The minimum absolute atomic E-state index is 0. The van der Waals surface area contributed by atoms with E-state index in [9.17, 15) is 13.2 Å². The lowest BCUT2D eigenvalue weighted by Gasteiger charge is -2.18. The molecule has 0 bridgehead atoms. The van der Waals surface area contributed by atoms with E-state index in [1.807, 2.05) is 7.05 Å². The fraction of sp³-hybridized carbons (Fsp3) is 0.562. The molecule has 1 saturated carbocycles. The molecule has 136 valence electrons. The molecular weight excluding hydrogens is 350 g/mol. The van der Waals surface area contributed by atoms with Crippen molar-refractivity contribution in [2.24, 2.45) is 0 Å². The number of nitrogens with one attached hydrogen (secondary N) is 2. The SMILES string of the molecule is CNCCN(C)C(=O)c1cccc(S(=O)(=O)NC2CCCC2)c1.Cl. The molecule has 1 fully saturated rings. The third-order valence-electron chi connectivity index (χ3n) is 4.11. The summed E-state index contributed by atoms with van der Waals surface area (Å²) in [6, 6.07) is 6.25. The van der Waals surface area contributed by atoms with Crippen LogP contribution in [0.5, 0.6) is 0 Å². The van der Waals surface area contributed by atoms with E-state index in [0.29, 0.717) is 18.7 Å². The second kappa shape index (κ2) is 9.36. The van der Waals surface area contributed by atoms with Gasteiger partial charge in [-0.1, -0.05) is 18.9 Å². The zero-order valence-electron chi connectivity index (χ0n) is 14.1. The van der Waals surface area contributed by atoms with Crippen molar-refractivity contribution >= 4 is 28.3 Å². The van der Waals surface area contributed by atoms with E-state index in [2.05, 4.69) is 10.0 Å². The van der Waals surface area contributed by atoms with Crippen LogP contribution in [0.3, 0.4) is 0 Å². The Hall–Kier alpha value is -1.15. The summed E-state index contributed by atoms with van der Waals surface area (Å²) in [4.78, 5) is 14.1. The van der Waals surface area contributed by atoms with Gasteiger partial charge in [-0.05, 0) is 38.1 Å². The van der Waals surface area contributed by atoms with Gasteiger partial charge in [-0.25, -0.2) is 13.1 Å². The van der Waals surface area contributed by atoms with Gasteiger partial charge in [0.05, 0.1) is 4.90 Å². The minimum atomic E-state index is -3.58. The molecule has 1 aliphatic rings. The number of hydrogen-bond acceptors (Lipinski definition) is 4. The number of amides is 1. The number of sulfonamides is 1. The Morgan fingerprint density at radius 3 is 2.58 bits per heavy atom. The van der Waals surface area contributed by atoms with Crippen molar-refractivity contribution in [2.75, 3.05) is 27.2 Å². The monoisotopic (exact) mass is 375 g/mol. The van der Waals surface area contributed by atoms with Crippen LogP contribution in [0.15, 0.2) is 29.2 Å². The highest BCUT2D eigenvalue weighted by Crippen LogP contribution is 2.21.